The molecule has 0 radical (unpaired) electrons. The first-order chi connectivity index (χ1) is 8.82. The highest BCUT2D eigenvalue weighted by molar-refractivity contribution is 6.32. The fraction of sp³-hybridized carbons (Fsp3) is 0.500. The van der Waals surface area contributed by atoms with E-state index in [2.05, 4.69) is 0 Å². The van der Waals surface area contributed by atoms with Crippen LogP contribution in [0.3, 0.4) is 0 Å². The zero-order chi connectivity index (χ0) is 14.6. The van der Waals surface area contributed by atoms with Gasteiger partial charge in [0.05, 0.1) is 5.02 Å². The van der Waals surface area contributed by atoms with Gasteiger partial charge in [-0.05, 0) is 38.5 Å². The van der Waals surface area contributed by atoms with Crippen LogP contribution in [0.5, 0.6) is 5.75 Å². The standard InChI is InChI=1S/C14H21ClN2O2/c1-9(2)17(4)14(18)8-19-13-6-5-11(10(3)16)7-12(13)15/h5-7,9-10H,8,16H2,1-4H3/t10-/m0/s1. The van der Waals surface area contributed by atoms with E-state index in [4.69, 9.17) is 22.1 Å². The number of hydrogen-bond donors (Lipinski definition) is 1. The first-order valence-electron chi connectivity index (χ1n) is 6.26. The molecular formula is C14H21ClN2O2. The lowest BCUT2D eigenvalue weighted by atomic mass is 10.1. The van der Waals surface area contributed by atoms with Crippen molar-refractivity contribution in [1.82, 2.24) is 4.90 Å². The summed E-state index contributed by atoms with van der Waals surface area (Å²) in [4.78, 5) is 13.4. The van der Waals surface area contributed by atoms with Gasteiger partial charge in [0.2, 0.25) is 0 Å². The van der Waals surface area contributed by atoms with Gasteiger partial charge in [-0.1, -0.05) is 17.7 Å². The predicted molar refractivity (Wildman–Crippen MR) is 77.5 cm³/mol. The van der Waals surface area contributed by atoms with Crippen molar-refractivity contribution in [2.45, 2.75) is 32.9 Å². The van der Waals surface area contributed by atoms with Gasteiger partial charge in [-0.15, -0.1) is 0 Å². The van der Waals surface area contributed by atoms with Crippen molar-refractivity contribution < 1.29 is 9.53 Å². The van der Waals surface area contributed by atoms with Gasteiger partial charge in [0.15, 0.2) is 6.61 Å². The van der Waals surface area contributed by atoms with E-state index in [9.17, 15) is 4.79 Å². The summed E-state index contributed by atoms with van der Waals surface area (Å²) in [6.07, 6.45) is 0. The molecule has 0 heterocycles. The van der Waals surface area contributed by atoms with Crippen molar-refractivity contribution >= 4 is 17.5 Å². The zero-order valence-corrected chi connectivity index (χ0v) is 12.6. The number of amides is 1. The average Bonchev–Trinajstić information content (AvgIpc) is 2.35. The lowest BCUT2D eigenvalue weighted by Crippen LogP contribution is -2.36. The molecule has 1 aromatic rings. The molecule has 0 aliphatic heterocycles. The Labute approximate surface area is 119 Å². The third kappa shape index (κ3) is 4.40. The second kappa shape index (κ2) is 6.78. The van der Waals surface area contributed by atoms with Crippen molar-refractivity contribution in [2.24, 2.45) is 5.73 Å². The lowest BCUT2D eigenvalue weighted by Gasteiger charge is -2.21. The third-order valence-electron chi connectivity index (χ3n) is 3.00. The smallest absolute Gasteiger partial charge is 0.260 e. The highest BCUT2D eigenvalue weighted by atomic mass is 35.5. The predicted octanol–water partition coefficient (Wildman–Crippen LogP) is 2.61. The molecule has 19 heavy (non-hydrogen) atoms. The molecule has 0 aromatic heterocycles. The van der Waals surface area contributed by atoms with Gasteiger partial charge in [0.1, 0.15) is 5.75 Å². The van der Waals surface area contributed by atoms with Crippen LogP contribution in [0.25, 0.3) is 0 Å². The molecule has 0 aliphatic rings. The number of hydrogen-bond acceptors (Lipinski definition) is 3. The molecule has 4 nitrogen and oxygen atoms in total. The van der Waals surface area contributed by atoms with Gasteiger partial charge in [-0.25, -0.2) is 0 Å². The lowest BCUT2D eigenvalue weighted by molar-refractivity contribution is -0.133. The Kier molecular flexibility index (Phi) is 5.63. The number of carbonyl (C=O) groups excluding carboxylic acids is 1. The van der Waals surface area contributed by atoms with Crippen LogP contribution in [-0.2, 0) is 4.79 Å². The number of halogens is 1. The van der Waals surface area contributed by atoms with E-state index in [0.29, 0.717) is 10.8 Å². The van der Waals surface area contributed by atoms with Crippen molar-refractivity contribution in [3.05, 3.63) is 28.8 Å². The SMILES string of the molecule is CC(C)N(C)C(=O)COc1ccc([C@H](C)N)cc1Cl. The summed E-state index contributed by atoms with van der Waals surface area (Å²) in [7, 11) is 1.75. The first-order valence-corrected chi connectivity index (χ1v) is 6.64. The number of benzene rings is 1. The molecule has 0 bridgehead atoms. The Morgan fingerprint density at radius 3 is 2.53 bits per heavy atom. The van der Waals surface area contributed by atoms with Gasteiger partial charge in [0.25, 0.3) is 5.91 Å². The van der Waals surface area contributed by atoms with Gasteiger partial charge in [-0.3, -0.25) is 4.79 Å². The number of likely N-dealkylation sites (N-methyl/N-ethyl adjacent to an activating group) is 1. The van der Waals surface area contributed by atoms with E-state index in [1.165, 1.54) is 0 Å². The van der Waals surface area contributed by atoms with Crippen molar-refractivity contribution in [3.63, 3.8) is 0 Å². The molecule has 2 N–H and O–H groups in total. The summed E-state index contributed by atoms with van der Waals surface area (Å²) in [6.45, 7) is 5.75. The second-order valence-corrected chi connectivity index (χ2v) is 5.27. The number of nitrogens with two attached hydrogens (primary N) is 1. The Hall–Kier alpha value is -1.26. The molecule has 5 heteroatoms. The molecule has 1 amide bonds. The zero-order valence-electron chi connectivity index (χ0n) is 11.8. The Morgan fingerprint density at radius 1 is 1.42 bits per heavy atom. The maximum Gasteiger partial charge on any atom is 0.260 e. The normalized spacial score (nSPS) is 12.4. The van der Waals surface area contributed by atoms with Crippen LogP contribution in [0, 0.1) is 0 Å². The summed E-state index contributed by atoms with van der Waals surface area (Å²) in [5, 5.41) is 0.467. The summed E-state index contributed by atoms with van der Waals surface area (Å²) in [5.74, 6) is 0.416. The molecule has 106 valence electrons. The van der Waals surface area contributed by atoms with Gasteiger partial charge in [0, 0.05) is 19.1 Å². The summed E-state index contributed by atoms with van der Waals surface area (Å²) < 4.78 is 5.44. The number of nitrogens with zero attached hydrogens (tertiary/aromatic N) is 1. The topological polar surface area (TPSA) is 55.6 Å². The fourth-order valence-corrected chi connectivity index (χ4v) is 1.69. The Balaban J connectivity index is 2.66. The summed E-state index contributed by atoms with van der Waals surface area (Å²) in [6, 6.07) is 5.41. The van der Waals surface area contributed by atoms with E-state index in [-0.39, 0.29) is 24.6 Å². The quantitative estimate of drug-likeness (QED) is 0.904. The van der Waals surface area contributed by atoms with Gasteiger partial charge < -0.3 is 15.4 Å². The molecule has 0 saturated carbocycles. The maximum absolute atomic E-state index is 11.8. The molecule has 0 aliphatic carbocycles. The van der Waals surface area contributed by atoms with Crippen molar-refractivity contribution in [2.75, 3.05) is 13.7 Å². The van der Waals surface area contributed by atoms with E-state index < -0.39 is 0 Å². The van der Waals surface area contributed by atoms with E-state index in [1.54, 1.807) is 24.1 Å². The largest absolute Gasteiger partial charge is 0.482 e. The monoisotopic (exact) mass is 284 g/mol. The number of carbonyl (C=O) groups is 1. The first kappa shape index (κ1) is 15.8. The highest BCUT2D eigenvalue weighted by Gasteiger charge is 2.13. The van der Waals surface area contributed by atoms with Crippen LogP contribution in [-0.4, -0.2) is 30.5 Å². The Morgan fingerprint density at radius 2 is 2.05 bits per heavy atom. The van der Waals surface area contributed by atoms with Gasteiger partial charge >= 0.3 is 0 Å². The van der Waals surface area contributed by atoms with Crippen LogP contribution < -0.4 is 10.5 Å². The molecule has 0 spiro atoms. The highest BCUT2D eigenvalue weighted by Crippen LogP contribution is 2.27. The summed E-state index contributed by atoms with van der Waals surface area (Å²) >= 11 is 6.09. The van der Waals surface area contributed by atoms with Crippen LogP contribution in [0.4, 0.5) is 0 Å². The average molecular weight is 285 g/mol. The van der Waals surface area contributed by atoms with E-state index in [0.717, 1.165) is 5.56 Å². The maximum atomic E-state index is 11.8. The van der Waals surface area contributed by atoms with Gasteiger partial charge in [-0.2, -0.15) is 0 Å². The molecule has 1 aromatic carbocycles. The van der Waals surface area contributed by atoms with Crippen LogP contribution in [0.15, 0.2) is 18.2 Å². The van der Waals surface area contributed by atoms with E-state index >= 15 is 0 Å². The number of ether oxygens (including phenoxy) is 1. The minimum atomic E-state index is -0.0831. The molecular weight excluding hydrogens is 264 g/mol. The van der Waals surface area contributed by atoms with Crippen LogP contribution >= 0.6 is 11.6 Å². The minimum Gasteiger partial charge on any atom is -0.482 e. The number of rotatable bonds is 5. The van der Waals surface area contributed by atoms with Crippen LogP contribution in [0.1, 0.15) is 32.4 Å². The van der Waals surface area contributed by atoms with Crippen molar-refractivity contribution in [1.29, 1.82) is 0 Å². The molecule has 0 saturated heterocycles. The Bertz CT molecular complexity index is 447. The summed E-state index contributed by atoms with van der Waals surface area (Å²) in [5.41, 5.74) is 6.70. The van der Waals surface area contributed by atoms with Crippen molar-refractivity contribution in [3.8, 4) is 5.75 Å². The fourth-order valence-electron chi connectivity index (χ4n) is 1.45. The molecule has 1 rings (SSSR count). The third-order valence-corrected chi connectivity index (χ3v) is 3.30. The van der Waals surface area contributed by atoms with E-state index in [1.807, 2.05) is 26.8 Å². The van der Waals surface area contributed by atoms with Crippen LogP contribution in [0.2, 0.25) is 5.02 Å². The molecule has 0 fully saturated rings. The second-order valence-electron chi connectivity index (χ2n) is 4.87. The minimum absolute atomic E-state index is 0.0219. The molecule has 0 unspecified atom stereocenters. The molecule has 1 atom stereocenters.